The molecule has 7 heteroatoms. The minimum Gasteiger partial charge on any atom is -0.444 e. The lowest BCUT2D eigenvalue weighted by Gasteiger charge is -2.16. The predicted octanol–water partition coefficient (Wildman–Crippen LogP) is 2.78. The van der Waals surface area contributed by atoms with E-state index < -0.39 is 11.7 Å². The molecule has 1 aromatic rings. The predicted molar refractivity (Wildman–Crippen MR) is 85.4 cm³/mol. The number of rotatable bonds is 3. The second-order valence-corrected chi connectivity index (χ2v) is 5.85. The summed E-state index contributed by atoms with van der Waals surface area (Å²) in [5.74, 6) is -0.0881. The van der Waals surface area contributed by atoms with Crippen molar-refractivity contribution >= 4 is 23.6 Å². The van der Waals surface area contributed by atoms with Gasteiger partial charge in [-0.15, -0.1) is 0 Å². The third-order valence-electron chi connectivity index (χ3n) is 2.30. The number of ether oxygens (including phenoxy) is 1. The maximum atomic E-state index is 11.4. The topological polar surface area (TPSA) is 81.9 Å². The highest BCUT2D eigenvalue weighted by Crippen LogP contribution is 2.10. The average molecular weight is 331 g/mol. The van der Waals surface area contributed by atoms with Crippen LogP contribution in [0.5, 0.6) is 0 Å². The Morgan fingerprint density at radius 2 is 1.73 bits per heavy atom. The molecule has 0 radical (unpaired) electrons. The third-order valence-corrected chi connectivity index (χ3v) is 2.55. The number of hydroxylamine groups is 2. The van der Waals surface area contributed by atoms with Crippen LogP contribution in [0.1, 0.15) is 26.3 Å². The standard InChI is InChI=1S/C10H12ClNO2.C5H11NO2/c1-12(14-2)10(13)7-8-3-5-9(11)6-4-8;1-5(2,3)8-4(6)7/h3-6H,7H2,1-2H3;1-3H3,(H2,6,7). The van der Waals surface area contributed by atoms with Gasteiger partial charge in [-0.1, -0.05) is 23.7 Å². The van der Waals surface area contributed by atoms with Crippen molar-refractivity contribution in [2.24, 2.45) is 5.73 Å². The fourth-order valence-electron chi connectivity index (χ4n) is 1.29. The molecule has 0 unspecified atom stereocenters. The average Bonchev–Trinajstić information content (AvgIpc) is 2.38. The number of benzene rings is 1. The van der Waals surface area contributed by atoms with Crippen LogP contribution in [-0.4, -0.2) is 36.8 Å². The Labute approximate surface area is 136 Å². The summed E-state index contributed by atoms with van der Waals surface area (Å²) in [6.45, 7) is 5.28. The largest absolute Gasteiger partial charge is 0.444 e. The second-order valence-electron chi connectivity index (χ2n) is 5.41. The van der Waals surface area contributed by atoms with E-state index >= 15 is 0 Å². The van der Waals surface area contributed by atoms with Crippen molar-refractivity contribution in [1.29, 1.82) is 0 Å². The quantitative estimate of drug-likeness (QED) is 0.864. The lowest BCUT2D eigenvalue weighted by molar-refractivity contribution is -0.167. The van der Waals surface area contributed by atoms with Crippen LogP contribution in [-0.2, 0) is 20.8 Å². The number of hydrogen-bond donors (Lipinski definition) is 1. The van der Waals surface area contributed by atoms with Gasteiger partial charge in [-0.2, -0.15) is 0 Å². The minimum absolute atomic E-state index is 0.0881. The summed E-state index contributed by atoms with van der Waals surface area (Å²) in [5.41, 5.74) is 5.18. The lowest BCUT2D eigenvalue weighted by Crippen LogP contribution is -2.27. The van der Waals surface area contributed by atoms with Crippen molar-refractivity contribution in [3.8, 4) is 0 Å². The van der Waals surface area contributed by atoms with Crippen LogP contribution < -0.4 is 5.73 Å². The van der Waals surface area contributed by atoms with E-state index in [4.69, 9.17) is 22.2 Å². The van der Waals surface area contributed by atoms with Gasteiger partial charge in [-0.05, 0) is 38.5 Å². The number of hydrogen-bond acceptors (Lipinski definition) is 4. The number of halogens is 1. The van der Waals surface area contributed by atoms with E-state index in [1.165, 1.54) is 12.2 Å². The van der Waals surface area contributed by atoms with Crippen molar-refractivity contribution < 1.29 is 19.2 Å². The fraction of sp³-hybridized carbons (Fsp3) is 0.467. The Hall–Kier alpha value is -1.79. The highest BCUT2D eigenvalue weighted by Gasteiger charge is 2.12. The highest BCUT2D eigenvalue weighted by molar-refractivity contribution is 6.30. The smallest absolute Gasteiger partial charge is 0.405 e. The van der Waals surface area contributed by atoms with E-state index in [1.54, 1.807) is 40.0 Å². The second kappa shape index (κ2) is 9.27. The van der Waals surface area contributed by atoms with Gasteiger partial charge in [0.15, 0.2) is 0 Å². The van der Waals surface area contributed by atoms with E-state index in [0.717, 1.165) is 5.56 Å². The van der Waals surface area contributed by atoms with E-state index in [1.807, 2.05) is 12.1 Å². The zero-order chi connectivity index (χ0) is 17.3. The fourth-order valence-corrected chi connectivity index (χ4v) is 1.42. The molecule has 0 heterocycles. The molecule has 6 nitrogen and oxygen atoms in total. The van der Waals surface area contributed by atoms with E-state index in [0.29, 0.717) is 11.4 Å². The first kappa shape index (κ1) is 20.2. The van der Waals surface area contributed by atoms with Crippen molar-refractivity contribution in [3.05, 3.63) is 34.9 Å². The molecule has 1 aromatic carbocycles. The number of carbonyl (C=O) groups excluding carboxylic acids is 2. The molecule has 124 valence electrons. The molecule has 0 aromatic heterocycles. The van der Waals surface area contributed by atoms with Gasteiger partial charge in [0.2, 0.25) is 5.91 Å². The monoisotopic (exact) mass is 330 g/mol. The van der Waals surface area contributed by atoms with Crippen molar-refractivity contribution in [2.45, 2.75) is 32.8 Å². The zero-order valence-corrected chi connectivity index (χ0v) is 14.3. The summed E-state index contributed by atoms with van der Waals surface area (Å²) < 4.78 is 4.58. The number of nitrogens with two attached hydrogens (primary N) is 1. The number of nitrogens with zero attached hydrogens (tertiary/aromatic N) is 1. The SMILES string of the molecule is CC(C)(C)OC(N)=O.CON(C)C(=O)Cc1ccc(Cl)cc1. The molecule has 0 aliphatic carbocycles. The van der Waals surface area contributed by atoms with Gasteiger partial charge in [0, 0.05) is 12.1 Å². The molecule has 0 fully saturated rings. The lowest BCUT2D eigenvalue weighted by atomic mass is 10.1. The van der Waals surface area contributed by atoms with Gasteiger partial charge in [0.25, 0.3) is 0 Å². The first-order chi connectivity index (χ1) is 10.0. The van der Waals surface area contributed by atoms with E-state index in [9.17, 15) is 9.59 Å². The summed E-state index contributed by atoms with van der Waals surface area (Å²) in [6.07, 6.45) is -0.404. The first-order valence-electron chi connectivity index (χ1n) is 6.58. The number of likely N-dealkylation sites (N-methyl/N-ethyl adjacent to an activating group) is 1. The van der Waals surface area contributed by atoms with Crippen molar-refractivity contribution in [2.75, 3.05) is 14.2 Å². The molecule has 2 amide bonds. The van der Waals surface area contributed by atoms with Gasteiger partial charge in [0.05, 0.1) is 13.5 Å². The molecule has 0 aliphatic heterocycles. The molecule has 0 aliphatic rings. The Morgan fingerprint density at radius 3 is 2.05 bits per heavy atom. The van der Waals surface area contributed by atoms with Gasteiger partial charge < -0.3 is 10.5 Å². The van der Waals surface area contributed by atoms with Crippen LogP contribution in [0.3, 0.4) is 0 Å². The summed E-state index contributed by atoms with van der Waals surface area (Å²) in [5, 5.41) is 1.87. The summed E-state index contributed by atoms with van der Waals surface area (Å²) in [4.78, 5) is 26.2. The number of amides is 2. The van der Waals surface area contributed by atoms with Gasteiger partial charge in [0.1, 0.15) is 5.60 Å². The normalized spacial score (nSPS) is 10.3. The Kier molecular flexibility index (Phi) is 8.52. The van der Waals surface area contributed by atoms with Crippen LogP contribution in [0, 0.1) is 0 Å². The Morgan fingerprint density at radius 1 is 1.23 bits per heavy atom. The van der Waals surface area contributed by atoms with Crippen LogP contribution in [0.4, 0.5) is 4.79 Å². The van der Waals surface area contributed by atoms with E-state index in [2.05, 4.69) is 4.74 Å². The molecule has 0 bridgehead atoms. The summed E-state index contributed by atoms with van der Waals surface area (Å²) >= 11 is 5.72. The molecule has 1 rings (SSSR count). The van der Waals surface area contributed by atoms with Crippen LogP contribution in [0.25, 0.3) is 0 Å². The van der Waals surface area contributed by atoms with E-state index in [-0.39, 0.29) is 5.91 Å². The minimum atomic E-state index is -0.725. The highest BCUT2D eigenvalue weighted by atomic mass is 35.5. The van der Waals surface area contributed by atoms with Gasteiger partial charge >= 0.3 is 6.09 Å². The zero-order valence-electron chi connectivity index (χ0n) is 13.6. The Balaban J connectivity index is 0.000000472. The number of carbonyl (C=O) groups is 2. The van der Waals surface area contributed by atoms with Crippen LogP contribution in [0.15, 0.2) is 24.3 Å². The molecular weight excluding hydrogens is 308 g/mol. The molecule has 0 spiro atoms. The molecular formula is C15H23ClN2O4. The number of primary amides is 1. The van der Waals surface area contributed by atoms with Crippen LogP contribution in [0.2, 0.25) is 5.02 Å². The molecule has 2 N–H and O–H groups in total. The molecule has 0 atom stereocenters. The maximum Gasteiger partial charge on any atom is 0.405 e. The van der Waals surface area contributed by atoms with Crippen LogP contribution >= 0.6 is 11.6 Å². The molecule has 0 saturated carbocycles. The Bertz CT molecular complexity index is 483. The molecule has 22 heavy (non-hydrogen) atoms. The van der Waals surface area contributed by atoms with Gasteiger partial charge in [-0.25, -0.2) is 9.86 Å². The first-order valence-corrected chi connectivity index (χ1v) is 6.96. The molecule has 0 saturated heterocycles. The third kappa shape index (κ3) is 10.0. The summed E-state index contributed by atoms with van der Waals surface area (Å²) in [6, 6.07) is 7.17. The summed E-state index contributed by atoms with van der Waals surface area (Å²) in [7, 11) is 3.04. The van der Waals surface area contributed by atoms with Crippen molar-refractivity contribution in [1.82, 2.24) is 5.06 Å². The maximum absolute atomic E-state index is 11.4. The van der Waals surface area contributed by atoms with Gasteiger partial charge in [-0.3, -0.25) is 9.63 Å². The van der Waals surface area contributed by atoms with Crippen molar-refractivity contribution in [3.63, 3.8) is 0 Å².